The van der Waals surface area contributed by atoms with E-state index in [2.05, 4.69) is 15.8 Å². The maximum absolute atomic E-state index is 12.2. The lowest BCUT2D eigenvalue weighted by Gasteiger charge is -2.07. The quantitative estimate of drug-likeness (QED) is 0.624. The predicted octanol–water partition coefficient (Wildman–Crippen LogP) is 2.43. The van der Waals surface area contributed by atoms with Gasteiger partial charge in [0.25, 0.3) is 5.91 Å². The Morgan fingerprint density at radius 2 is 1.88 bits per heavy atom. The first-order chi connectivity index (χ1) is 12.0. The molecule has 0 unspecified atom stereocenters. The summed E-state index contributed by atoms with van der Waals surface area (Å²) in [5.74, 6) is 0.647. The number of carbonyl (C=O) groups excluding carboxylic acids is 2. The number of amides is 2. The minimum atomic E-state index is -0.398. The van der Waals surface area contributed by atoms with Gasteiger partial charge in [-0.25, -0.2) is 5.43 Å². The van der Waals surface area contributed by atoms with Gasteiger partial charge in [0, 0.05) is 23.7 Å². The average molecular weight is 341 g/mol. The third kappa shape index (κ3) is 5.07. The van der Waals surface area contributed by atoms with Crippen LogP contribution in [0.3, 0.4) is 0 Å². The van der Waals surface area contributed by atoms with E-state index in [0.29, 0.717) is 28.3 Å². The molecule has 0 atom stereocenters. The first-order valence-corrected chi connectivity index (χ1v) is 7.46. The topological polar surface area (TPSA) is 89.0 Å². The van der Waals surface area contributed by atoms with Crippen LogP contribution in [0, 0.1) is 0 Å². The van der Waals surface area contributed by atoms with Crippen molar-refractivity contribution in [3.63, 3.8) is 0 Å². The van der Waals surface area contributed by atoms with Crippen molar-refractivity contribution in [2.45, 2.75) is 6.92 Å². The molecule has 0 aromatic heterocycles. The molecule has 7 nitrogen and oxygen atoms in total. The third-order valence-electron chi connectivity index (χ3n) is 3.25. The van der Waals surface area contributed by atoms with E-state index in [0.717, 1.165) is 0 Å². The molecular formula is C18H19N3O4. The van der Waals surface area contributed by atoms with Crippen molar-refractivity contribution in [2.75, 3.05) is 19.5 Å². The Kier molecular flexibility index (Phi) is 6.11. The minimum Gasteiger partial charge on any atom is -0.497 e. The molecule has 0 saturated heterocycles. The van der Waals surface area contributed by atoms with Gasteiger partial charge in [-0.05, 0) is 36.4 Å². The molecule has 2 rings (SSSR count). The molecule has 2 N–H and O–H groups in total. The summed E-state index contributed by atoms with van der Waals surface area (Å²) in [4.78, 5) is 23.2. The van der Waals surface area contributed by atoms with Crippen LogP contribution in [0.5, 0.6) is 11.5 Å². The van der Waals surface area contributed by atoms with E-state index in [-0.39, 0.29) is 5.91 Å². The highest BCUT2D eigenvalue weighted by atomic mass is 16.5. The van der Waals surface area contributed by atoms with Gasteiger partial charge in [0.15, 0.2) is 0 Å². The van der Waals surface area contributed by atoms with Crippen LogP contribution in [0.2, 0.25) is 0 Å². The number of anilines is 1. The second kappa shape index (κ2) is 8.49. The number of rotatable bonds is 6. The van der Waals surface area contributed by atoms with Gasteiger partial charge in [-0.2, -0.15) is 5.10 Å². The van der Waals surface area contributed by atoms with Gasteiger partial charge in [0.1, 0.15) is 11.5 Å². The van der Waals surface area contributed by atoms with E-state index >= 15 is 0 Å². The van der Waals surface area contributed by atoms with Gasteiger partial charge < -0.3 is 14.8 Å². The highest BCUT2D eigenvalue weighted by Crippen LogP contribution is 2.22. The van der Waals surface area contributed by atoms with E-state index in [1.54, 1.807) is 56.7 Å². The number of nitrogens with zero attached hydrogens (tertiary/aromatic N) is 1. The lowest BCUT2D eigenvalue weighted by Crippen LogP contribution is -2.18. The van der Waals surface area contributed by atoms with Gasteiger partial charge >= 0.3 is 0 Å². The maximum atomic E-state index is 12.2. The smallest absolute Gasteiger partial charge is 0.271 e. The molecule has 0 fully saturated rings. The number of ether oxygens (including phenoxy) is 2. The molecule has 130 valence electrons. The van der Waals surface area contributed by atoms with Crippen molar-refractivity contribution in [3.05, 3.63) is 53.6 Å². The van der Waals surface area contributed by atoms with Crippen LogP contribution in [-0.4, -0.2) is 32.2 Å². The van der Waals surface area contributed by atoms with Gasteiger partial charge in [-0.3, -0.25) is 9.59 Å². The van der Waals surface area contributed by atoms with Crippen LogP contribution in [0.4, 0.5) is 5.69 Å². The third-order valence-corrected chi connectivity index (χ3v) is 3.25. The fraction of sp³-hybridized carbons (Fsp3) is 0.167. The maximum Gasteiger partial charge on any atom is 0.271 e. The summed E-state index contributed by atoms with van der Waals surface area (Å²) in [5.41, 5.74) is 4.02. The van der Waals surface area contributed by atoms with Crippen molar-refractivity contribution < 1.29 is 19.1 Å². The molecule has 0 aliphatic heterocycles. The first-order valence-electron chi connectivity index (χ1n) is 7.46. The van der Waals surface area contributed by atoms with E-state index in [1.807, 2.05) is 0 Å². The number of hydrogen-bond donors (Lipinski definition) is 2. The molecular weight excluding hydrogens is 322 g/mol. The predicted molar refractivity (Wildman–Crippen MR) is 95.4 cm³/mol. The SMILES string of the molecule is COc1ccc(OC)c(/C=N/NC(=O)c2cccc(NC(C)=O)c2)c1. The Morgan fingerprint density at radius 3 is 2.56 bits per heavy atom. The zero-order valence-electron chi connectivity index (χ0n) is 14.2. The van der Waals surface area contributed by atoms with Gasteiger partial charge in [-0.15, -0.1) is 0 Å². The standard InChI is InChI=1S/C18H19N3O4/c1-12(22)20-15-6-4-5-13(9-15)18(23)21-19-11-14-10-16(24-2)7-8-17(14)25-3/h4-11H,1-3H3,(H,20,22)(H,21,23)/b19-11+. The molecule has 2 aromatic rings. The molecule has 0 aliphatic rings. The largest absolute Gasteiger partial charge is 0.497 e. The van der Waals surface area contributed by atoms with Crippen LogP contribution in [0.25, 0.3) is 0 Å². The van der Waals surface area contributed by atoms with E-state index in [9.17, 15) is 9.59 Å². The van der Waals surface area contributed by atoms with Gasteiger partial charge in [0.05, 0.1) is 20.4 Å². The number of hydrogen-bond acceptors (Lipinski definition) is 5. The van der Waals surface area contributed by atoms with E-state index in [4.69, 9.17) is 9.47 Å². The van der Waals surface area contributed by atoms with Crippen LogP contribution < -0.4 is 20.2 Å². The van der Waals surface area contributed by atoms with Crippen LogP contribution in [0.15, 0.2) is 47.6 Å². The molecule has 0 spiro atoms. The van der Waals surface area contributed by atoms with E-state index in [1.165, 1.54) is 13.1 Å². The molecule has 7 heteroatoms. The molecule has 0 heterocycles. The zero-order valence-corrected chi connectivity index (χ0v) is 14.2. The fourth-order valence-electron chi connectivity index (χ4n) is 2.11. The Hall–Kier alpha value is -3.35. The first kappa shape index (κ1) is 18.0. The summed E-state index contributed by atoms with van der Waals surface area (Å²) in [7, 11) is 3.11. The van der Waals surface area contributed by atoms with Crippen molar-refractivity contribution in [2.24, 2.45) is 5.10 Å². The number of methoxy groups -OCH3 is 2. The highest BCUT2D eigenvalue weighted by Gasteiger charge is 2.06. The number of hydrazone groups is 1. The number of carbonyl (C=O) groups is 2. The van der Waals surface area contributed by atoms with Crippen molar-refractivity contribution >= 4 is 23.7 Å². The lowest BCUT2D eigenvalue weighted by atomic mass is 10.2. The lowest BCUT2D eigenvalue weighted by molar-refractivity contribution is -0.114. The normalized spacial score (nSPS) is 10.4. The summed E-state index contributed by atoms with van der Waals surface area (Å²) in [5, 5.41) is 6.57. The monoisotopic (exact) mass is 341 g/mol. The van der Waals surface area contributed by atoms with Crippen molar-refractivity contribution in [1.29, 1.82) is 0 Å². The Bertz CT molecular complexity index is 803. The molecule has 0 saturated carbocycles. The number of nitrogens with one attached hydrogen (secondary N) is 2. The number of benzene rings is 2. The highest BCUT2D eigenvalue weighted by molar-refractivity contribution is 5.97. The molecule has 0 bridgehead atoms. The fourth-order valence-corrected chi connectivity index (χ4v) is 2.11. The van der Waals surface area contributed by atoms with Gasteiger partial charge in [-0.1, -0.05) is 6.07 Å². The van der Waals surface area contributed by atoms with Crippen LogP contribution in [0.1, 0.15) is 22.8 Å². The molecule has 25 heavy (non-hydrogen) atoms. The minimum absolute atomic E-state index is 0.208. The van der Waals surface area contributed by atoms with Crippen LogP contribution >= 0.6 is 0 Å². The molecule has 0 radical (unpaired) electrons. The summed E-state index contributed by atoms with van der Waals surface area (Å²) >= 11 is 0. The second-order valence-corrected chi connectivity index (χ2v) is 5.07. The van der Waals surface area contributed by atoms with E-state index < -0.39 is 5.91 Å². The van der Waals surface area contributed by atoms with Crippen molar-refractivity contribution in [1.82, 2.24) is 5.43 Å². The molecule has 2 aromatic carbocycles. The molecule has 2 amide bonds. The Labute approximate surface area is 145 Å². The van der Waals surface area contributed by atoms with Gasteiger partial charge in [0.2, 0.25) is 5.91 Å². The second-order valence-electron chi connectivity index (χ2n) is 5.07. The average Bonchev–Trinajstić information content (AvgIpc) is 2.61. The summed E-state index contributed by atoms with van der Waals surface area (Å²) in [6, 6.07) is 11.8. The summed E-state index contributed by atoms with van der Waals surface area (Å²) in [6.45, 7) is 1.40. The zero-order chi connectivity index (χ0) is 18.2. The van der Waals surface area contributed by atoms with Crippen molar-refractivity contribution in [3.8, 4) is 11.5 Å². The summed E-state index contributed by atoms with van der Waals surface area (Å²) in [6.07, 6.45) is 1.47. The van der Waals surface area contributed by atoms with Crippen LogP contribution in [-0.2, 0) is 4.79 Å². The Balaban J connectivity index is 2.09. The molecule has 0 aliphatic carbocycles. The summed E-state index contributed by atoms with van der Waals surface area (Å²) < 4.78 is 10.4. The Morgan fingerprint density at radius 1 is 1.08 bits per heavy atom.